The van der Waals surface area contributed by atoms with Crippen LogP contribution in [0.2, 0.25) is 0 Å². The maximum Gasteiger partial charge on any atom is 0.261 e. The highest BCUT2D eigenvalue weighted by Crippen LogP contribution is 2.33. The van der Waals surface area contributed by atoms with E-state index in [1.54, 1.807) is 6.26 Å². The molecular weight excluding hydrogens is 324 g/mol. The highest BCUT2D eigenvalue weighted by molar-refractivity contribution is 7.20. The zero-order chi connectivity index (χ0) is 17.1. The van der Waals surface area contributed by atoms with Crippen LogP contribution in [0.1, 0.15) is 41.3 Å². The maximum atomic E-state index is 12.5. The van der Waals surface area contributed by atoms with Crippen molar-refractivity contribution in [1.29, 1.82) is 0 Å². The van der Waals surface area contributed by atoms with Crippen molar-refractivity contribution in [3.05, 3.63) is 40.9 Å². The molecule has 2 N–H and O–H groups in total. The van der Waals surface area contributed by atoms with Gasteiger partial charge in [-0.05, 0) is 38.0 Å². The van der Waals surface area contributed by atoms with Crippen LogP contribution in [0.3, 0.4) is 0 Å². The standard InChI is InChI=1S/C17H20N4O2S/c1-4-10(2)21-16(22)14-11(3)13-15(19-9-20-17(13)24-14)18-8-12-6-5-7-23-12/h5-7,9-10H,4,8H2,1-3H3,(H,21,22)(H,18,19,20). The molecule has 126 valence electrons. The molecule has 0 spiro atoms. The third kappa shape index (κ3) is 3.26. The van der Waals surface area contributed by atoms with E-state index < -0.39 is 0 Å². The van der Waals surface area contributed by atoms with Gasteiger partial charge < -0.3 is 15.1 Å². The van der Waals surface area contributed by atoms with Crippen LogP contribution in [0.15, 0.2) is 29.1 Å². The predicted molar refractivity (Wildman–Crippen MR) is 95.4 cm³/mol. The Kier molecular flexibility index (Phi) is 4.80. The van der Waals surface area contributed by atoms with Crippen molar-refractivity contribution in [3.63, 3.8) is 0 Å². The van der Waals surface area contributed by atoms with E-state index in [0.717, 1.165) is 28.0 Å². The highest BCUT2D eigenvalue weighted by Gasteiger charge is 2.20. The number of furan rings is 1. The number of nitrogens with zero attached hydrogens (tertiary/aromatic N) is 2. The van der Waals surface area contributed by atoms with Gasteiger partial charge in [0.15, 0.2) is 0 Å². The number of thiophene rings is 1. The second-order valence-electron chi connectivity index (χ2n) is 5.67. The number of hydrogen-bond acceptors (Lipinski definition) is 6. The molecule has 0 aliphatic heterocycles. The molecule has 3 rings (SSSR count). The van der Waals surface area contributed by atoms with Gasteiger partial charge in [0.2, 0.25) is 0 Å². The van der Waals surface area contributed by atoms with E-state index in [2.05, 4.69) is 20.6 Å². The quantitative estimate of drug-likeness (QED) is 0.712. The van der Waals surface area contributed by atoms with Gasteiger partial charge in [0.25, 0.3) is 5.91 Å². The largest absolute Gasteiger partial charge is 0.467 e. The Labute approximate surface area is 144 Å². The van der Waals surface area contributed by atoms with Gasteiger partial charge in [-0.25, -0.2) is 9.97 Å². The Bertz CT molecular complexity index is 842. The van der Waals surface area contributed by atoms with E-state index >= 15 is 0 Å². The molecule has 3 aromatic rings. The van der Waals surface area contributed by atoms with Crippen molar-refractivity contribution in [2.45, 2.75) is 39.8 Å². The number of nitrogens with one attached hydrogen (secondary N) is 2. The topological polar surface area (TPSA) is 80.0 Å². The summed E-state index contributed by atoms with van der Waals surface area (Å²) in [7, 11) is 0. The summed E-state index contributed by atoms with van der Waals surface area (Å²) in [5.41, 5.74) is 0.901. The van der Waals surface area contributed by atoms with Crippen molar-refractivity contribution >= 4 is 33.3 Å². The highest BCUT2D eigenvalue weighted by atomic mass is 32.1. The van der Waals surface area contributed by atoms with E-state index in [0.29, 0.717) is 17.2 Å². The van der Waals surface area contributed by atoms with E-state index in [9.17, 15) is 4.79 Å². The Morgan fingerprint density at radius 2 is 2.25 bits per heavy atom. The minimum absolute atomic E-state index is 0.0539. The van der Waals surface area contributed by atoms with Crippen molar-refractivity contribution in [3.8, 4) is 0 Å². The number of rotatable bonds is 6. The second kappa shape index (κ2) is 7.00. The number of aryl methyl sites for hydroxylation is 1. The molecule has 0 saturated heterocycles. The molecule has 0 bridgehead atoms. The summed E-state index contributed by atoms with van der Waals surface area (Å²) in [6, 6.07) is 3.89. The number of carbonyl (C=O) groups is 1. The van der Waals surface area contributed by atoms with Crippen LogP contribution >= 0.6 is 11.3 Å². The van der Waals surface area contributed by atoms with Crippen LogP contribution in [0.5, 0.6) is 0 Å². The average molecular weight is 344 g/mol. The first-order valence-corrected chi connectivity index (χ1v) is 8.73. The van der Waals surface area contributed by atoms with E-state index in [-0.39, 0.29) is 11.9 Å². The number of hydrogen-bond donors (Lipinski definition) is 2. The molecule has 0 aliphatic carbocycles. The SMILES string of the molecule is CCC(C)NC(=O)c1sc2ncnc(NCc3ccco3)c2c1C. The maximum absolute atomic E-state index is 12.5. The molecule has 1 unspecified atom stereocenters. The minimum atomic E-state index is -0.0539. The molecule has 0 radical (unpaired) electrons. The summed E-state index contributed by atoms with van der Waals surface area (Å²) in [5, 5.41) is 7.17. The summed E-state index contributed by atoms with van der Waals surface area (Å²) in [6.45, 7) is 6.51. The molecular formula is C17H20N4O2S. The monoisotopic (exact) mass is 344 g/mol. The fraction of sp³-hybridized carbons (Fsp3) is 0.353. The number of carbonyl (C=O) groups excluding carboxylic acids is 1. The van der Waals surface area contributed by atoms with Gasteiger partial charge in [-0.2, -0.15) is 0 Å². The first kappa shape index (κ1) is 16.4. The van der Waals surface area contributed by atoms with E-state index in [1.165, 1.54) is 17.7 Å². The molecule has 3 heterocycles. The molecule has 0 fully saturated rings. The molecule has 0 saturated carbocycles. The third-order valence-corrected chi connectivity index (χ3v) is 5.13. The first-order valence-electron chi connectivity index (χ1n) is 7.91. The molecule has 6 nitrogen and oxygen atoms in total. The lowest BCUT2D eigenvalue weighted by Gasteiger charge is -2.10. The Morgan fingerprint density at radius 1 is 1.42 bits per heavy atom. The number of amides is 1. The Balaban J connectivity index is 1.90. The normalized spacial score (nSPS) is 12.3. The number of fused-ring (bicyclic) bond motifs is 1. The van der Waals surface area contributed by atoms with Crippen molar-refractivity contribution in [2.24, 2.45) is 0 Å². The molecule has 7 heteroatoms. The summed E-state index contributed by atoms with van der Waals surface area (Å²) in [4.78, 5) is 22.6. The van der Waals surface area contributed by atoms with Crippen LogP contribution in [-0.4, -0.2) is 21.9 Å². The Morgan fingerprint density at radius 3 is 2.96 bits per heavy atom. The fourth-order valence-corrected chi connectivity index (χ4v) is 3.45. The third-order valence-electron chi connectivity index (χ3n) is 3.93. The van der Waals surface area contributed by atoms with E-state index in [4.69, 9.17) is 4.42 Å². The Hall–Kier alpha value is -2.41. The first-order chi connectivity index (χ1) is 11.6. The van der Waals surface area contributed by atoms with Gasteiger partial charge in [0, 0.05) is 6.04 Å². The summed E-state index contributed by atoms with van der Waals surface area (Å²) >= 11 is 1.40. The van der Waals surface area contributed by atoms with Crippen molar-refractivity contribution in [1.82, 2.24) is 15.3 Å². The lowest BCUT2D eigenvalue weighted by atomic mass is 10.2. The summed E-state index contributed by atoms with van der Waals surface area (Å²) in [6.07, 6.45) is 4.05. The summed E-state index contributed by atoms with van der Waals surface area (Å²) in [5.74, 6) is 1.49. The van der Waals surface area contributed by atoms with Crippen molar-refractivity contribution in [2.75, 3.05) is 5.32 Å². The van der Waals surface area contributed by atoms with Crippen LogP contribution in [0, 0.1) is 6.92 Å². The number of anilines is 1. The fourth-order valence-electron chi connectivity index (χ4n) is 2.40. The smallest absolute Gasteiger partial charge is 0.261 e. The summed E-state index contributed by atoms with van der Waals surface area (Å²) < 4.78 is 5.33. The van der Waals surface area contributed by atoms with Crippen LogP contribution < -0.4 is 10.6 Å². The van der Waals surface area contributed by atoms with Gasteiger partial charge in [0.05, 0.1) is 23.1 Å². The van der Waals surface area contributed by atoms with Crippen LogP contribution in [0.4, 0.5) is 5.82 Å². The predicted octanol–water partition coefficient (Wildman–Crippen LogP) is 3.73. The molecule has 1 amide bonds. The molecule has 3 aromatic heterocycles. The van der Waals surface area contributed by atoms with Gasteiger partial charge >= 0.3 is 0 Å². The zero-order valence-electron chi connectivity index (χ0n) is 13.9. The molecule has 0 aromatic carbocycles. The van der Waals surface area contributed by atoms with Gasteiger partial charge in [-0.1, -0.05) is 6.92 Å². The van der Waals surface area contributed by atoms with Crippen LogP contribution in [-0.2, 0) is 6.54 Å². The second-order valence-corrected chi connectivity index (χ2v) is 6.67. The lowest BCUT2D eigenvalue weighted by Crippen LogP contribution is -2.31. The lowest BCUT2D eigenvalue weighted by molar-refractivity contribution is 0.0943. The average Bonchev–Trinajstić information content (AvgIpc) is 3.21. The molecule has 1 atom stereocenters. The molecule has 24 heavy (non-hydrogen) atoms. The van der Waals surface area contributed by atoms with Gasteiger partial charge in [-0.3, -0.25) is 4.79 Å². The molecule has 0 aliphatic rings. The van der Waals surface area contributed by atoms with Gasteiger partial charge in [0.1, 0.15) is 22.7 Å². The minimum Gasteiger partial charge on any atom is -0.467 e. The van der Waals surface area contributed by atoms with Crippen LogP contribution in [0.25, 0.3) is 10.2 Å². The van der Waals surface area contributed by atoms with Crippen molar-refractivity contribution < 1.29 is 9.21 Å². The zero-order valence-corrected chi connectivity index (χ0v) is 14.7. The number of aromatic nitrogens is 2. The van der Waals surface area contributed by atoms with E-state index in [1.807, 2.05) is 32.9 Å². The van der Waals surface area contributed by atoms with Gasteiger partial charge in [-0.15, -0.1) is 11.3 Å².